The van der Waals surface area contributed by atoms with Gasteiger partial charge >= 0.3 is 0 Å². The number of alkyl halides is 1. The number of halogens is 2. The van der Waals surface area contributed by atoms with Crippen LogP contribution in [-0.4, -0.2) is 15.6 Å². The van der Waals surface area contributed by atoms with Gasteiger partial charge in [-0.2, -0.15) is 0 Å². The highest BCUT2D eigenvalue weighted by atomic mass is 35.5. The summed E-state index contributed by atoms with van der Waals surface area (Å²) < 4.78 is 0. The summed E-state index contributed by atoms with van der Waals surface area (Å²) in [5.41, 5.74) is 0. The van der Waals surface area contributed by atoms with E-state index in [0.717, 1.165) is 11.5 Å². The van der Waals surface area contributed by atoms with Crippen molar-refractivity contribution in [2.45, 2.75) is 17.8 Å². The molecule has 0 nitrogen and oxygen atoms in total. The normalized spacial score (nSPS) is 30.5. The van der Waals surface area contributed by atoms with E-state index in [1.165, 1.54) is 16.3 Å². The summed E-state index contributed by atoms with van der Waals surface area (Å²) in [6.07, 6.45) is 7.03. The highest BCUT2D eigenvalue weighted by molar-refractivity contribution is 6.31. The van der Waals surface area contributed by atoms with Gasteiger partial charge in [-0.15, -0.1) is 11.6 Å². The van der Waals surface area contributed by atoms with Gasteiger partial charge < -0.3 is 0 Å². The molecular formula is C8H12Cl2Si. The van der Waals surface area contributed by atoms with Crippen LogP contribution in [0.15, 0.2) is 23.3 Å². The van der Waals surface area contributed by atoms with Crippen molar-refractivity contribution < 1.29 is 0 Å². The third kappa shape index (κ3) is 2.36. The molecule has 62 valence electrons. The Morgan fingerprint density at radius 3 is 2.82 bits per heavy atom. The Kier molecular flexibility index (Phi) is 3.69. The molecule has 0 radical (unpaired) electrons. The van der Waals surface area contributed by atoms with Gasteiger partial charge in [-0.3, -0.25) is 0 Å². The van der Waals surface area contributed by atoms with Crippen molar-refractivity contribution in [3.8, 4) is 0 Å². The third-order valence-corrected chi connectivity index (χ3v) is 3.32. The fraction of sp³-hybridized carbons (Fsp3) is 0.500. The fourth-order valence-corrected chi connectivity index (χ4v) is 2.62. The monoisotopic (exact) mass is 206 g/mol. The largest absolute Gasteiger partial charge is 0.118 e. The molecule has 11 heavy (non-hydrogen) atoms. The van der Waals surface area contributed by atoms with E-state index in [1.807, 2.05) is 18.2 Å². The van der Waals surface area contributed by atoms with Crippen molar-refractivity contribution in [1.29, 1.82) is 0 Å². The second kappa shape index (κ2) is 4.34. The minimum Gasteiger partial charge on any atom is -0.118 e. The molecule has 0 aromatic heterocycles. The van der Waals surface area contributed by atoms with Crippen LogP contribution in [0.4, 0.5) is 0 Å². The Labute approximate surface area is 80.7 Å². The van der Waals surface area contributed by atoms with Crippen LogP contribution in [0, 0.1) is 5.92 Å². The summed E-state index contributed by atoms with van der Waals surface area (Å²) >= 11 is 12.1. The summed E-state index contributed by atoms with van der Waals surface area (Å²) in [6, 6.07) is 1.27. The Balaban J connectivity index is 2.62. The van der Waals surface area contributed by atoms with Crippen molar-refractivity contribution >= 4 is 33.4 Å². The maximum Gasteiger partial charge on any atom is 0.0596 e. The van der Waals surface area contributed by atoms with Crippen molar-refractivity contribution in [2.75, 3.05) is 0 Å². The fourth-order valence-electron chi connectivity index (χ4n) is 1.27. The van der Waals surface area contributed by atoms with Crippen LogP contribution in [-0.2, 0) is 0 Å². The van der Waals surface area contributed by atoms with E-state index in [0.29, 0.717) is 5.92 Å². The minimum absolute atomic E-state index is 0.112. The highest BCUT2D eigenvalue weighted by Crippen LogP contribution is 2.31. The molecule has 0 amide bonds. The van der Waals surface area contributed by atoms with Crippen LogP contribution >= 0.6 is 23.2 Å². The molecule has 0 aromatic rings. The zero-order valence-electron chi connectivity index (χ0n) is 6.56. The van der Waals surface area contributed by atoms with Crippen molar-refractivity contribution in [1.82, 2.24) is 0 Å². The minimum atomic E-state index is 0.112. The third-order valence-electron chi connectivity index (χ3n) is 1.89. The number of hydrogen-bond donors (Lipinski definition) is 0. The molecule has 3 heteroatoms. The standard InChI is InChI=1S/C8H12Cl2Si/c9-7-2-1-3-8(10)6(7)4-5-11/h1-3,6-7H,4-5H2,11H3. The van der Waals surface area contributed by atoms with Crippen LogP contribution in [0.25, 0.3) is 0 Å². The van der Waals surface area contributed by atoms with E-state index in [1.54, 1.807) is 0 Å². The van der Waals surface area contributed by atoms with Crippen LogP contribution in [0.1, 0.15) is 6.42 Å². The zero-order chi connectivity index (χ0) is 8.27. The molecule has 0 saturated carbocycles. The topological polar surface area (TPSA) is 0 Å². The molecule has 0 spiro atoms. The van der Waals surface area contributed by atoms with Crippen LogP contribution in [0.3, 0.4) is 0 Å². The first kappa shape index (κ1) is 9.37. The lowest BCUT2D eigenvalue weighted by Crippen LogP contribution is -2.15. The van der Waals surface area contributed by atoms with E-state index < -0.39 is 0 Å². The van der Waals surface area contributed by atoms with Gasteiger partial charge in [0.2, 0.25) is 0 Å². The molecule has 1 rings (SSSR count). The van der Waals surface area contributed by atoms with Crippen molar-refractivity contribution in [3.05, 3.63) is 23.3 Å². The first-order chi connectivity index (χ1) is 5.25. The lowest BCUT2D eigenvalue weighted by Gasteiger charge is -2.20. The van der Waals surface area contributed by atoms with E-state index in [-0.39, 0.29) is 5.38 Å². The highest BCUT2D eigenvalue weighted by Gasteiger charge is 2.20. The number of hydrogen-bond acceptors (Lipinski definition) is 0. The second-order valence-electron chi connectivity index (χ2n) is 2.78. The van der Waals surface area contributed by atoms with Gasteiger partial charge in [-0.25, -0.2) is 0 Å². The second-order valence-corrected chi connectivity index (χ2v) is 4.72. The molecule has 1 aliphatic carbocycles. The van der Waals surface area contributed by atoms with Gasteiger partial charge in [0, 0.05) is 21.2 Å². The van der Waals surface area contributed by atoms with Gasteiger partial charge in [0.25, 0.3) is 0 Å². The Morgan fingerprint density at radius 2 is 2.27 bits per heavy atom. The lowest BCUT2D eigenvalue weighted by molar-refractivity contribution is 0.627. The maximum absolute atomic E-state index is 6.06. The van der Waals surface area contributed by atoms with Gasteiger partial charge in [0.15, 0.2) is 0 Å². The van der Waals surface area contributed by atoms with E-state index in [4.69, 9.17) is 23.2 Å². The molecular weight excluding hydrogens is 195 g/mol. The average molecular weight is 207 g/mol. The van der Waals surface area contributed by atoms with Crippen molar-refractivity contribution in [2.24, 2.45) is 5.92 Å². The molecule has 0 heterocycles. The predicted molar refractivity (Wildman–Crippen MR) is 55.6 cm³/mol. The molecule has 0 bridgehead atoms. The van der Waals surface area contributed by atoms with Crippen LogP contribution < -0.4 is 0 Å². The summed E-state index contributed by atoms with van der Waals surface area (Å²) in [7, 11) is 1.24. The molecule has 2 atom stereocenters. The van der Waals surface area contributed by atoms with Gasteiger partial charge in [-0.05, 0) is 12.5 Å². The Bertz CT molecular complexity index is 187. The molecule has 1 aliphatic rings. The molecule has 0 N–H and O–H groups in total. The van der Waals surface area contributed by atoms with Crippen molar-refractivity contribution in [3.63, 3.8) is 0 Å². The van der Waals surface area contributed by atoms with Gasteiger partial charge in [0.05, 0.1) is 5.38 Å². The molecule has 0 aliphatic heterocycles. The summed E-state index contributed by atoms with van der Waals surface area (Å²) in [4.78, 5) is 0. The summed E-state index contributed by atoms with van der Waals surface area (Å²) in [5, 5.41) is 1.03. The number of allylic oxidation sites excluding steroid dienone is 4. The van der Waals surface area contributed by atoms with E-state index in [2.05, 4.69) is 0 Å². The molecule has 0 saturated heterocycles. The van der Waals surface area contributed by atoms with Gasteiger partial charge in [0.1, 0.15) is 0 Å². The molecule has 0 aromatic carbocycles. The number of rotatable bonds is 2. The zero-order valence-corrected chi connectivity index (χ0v) is 10.1. The Morgan fingerprint density at radius 1 is 1.55 bits per heavy atom. The first-order valence-corrected chi connectivity index (χ1v) is 6.16. The maximum atomic E-state index is 6.06. The molecule has 0 fully saturated rings. The summed E-state index contributed by atoms with van der Waals surface area (Å²) in [5.74, 6) is 0.376. The summed E-state index contributed by atoms with van der Waals surface area (Å²) in [6.45, 7) is 0. The quantitative estimate of drug-likeness (QED) is 0.480. The van der Waals surface area contributed by atoms with E-state index >= 15 is 0 Å². The Hall–Kier alpha value is 0.277. The van der Waals surface area contributed by atoms with Gasteiger partial charge in [-0.1, -0.05) is 29.8 Å². The lowest BCUT2D eigenvalue weighted by atomic mass is 9.97. The van der Waals surface area contributed by atoms with Crippen LogP contribution in [0.2, 0.25) is 6.04 Å². The predicted octanol–water partition coefficient (Wildman–Crippen LogP) is 2.08. The van der Waals surface area contributed by atoms with E-state index in [9.17, 15) is 0 Å². The smallest absolute Gasteiger partial charge is 0.0596 e. The first-order valence-electron chi connectivity index (χ1n) is 3.93. The molecule has 2 unspecified atom stereocenters. The van der Waals surface area contributed by atoms with Crippen LogP contribution in [0.5, 0.6) is 0 Å². The SMILES string of the molecule is [SiH3]CCC1C(Cl)=CC=CC1Cl. The average Bonchev–Trinajstić information content (AvgIpc) is 1.97.